The van der Waals surface area contributed by atoms with Crippen LogP contribution in [0.1, 0.15) is 52.7 Å². The molecular formula is C16H23NO2S. The molecule has 3 rings (SSSR count). The van der Waals surface area contributed by atoms with Crippen LogP contribution < -0.4 is 0 Å². The molecule has 1 aliphatic heterocycles. The Morgan fingerprint density at radius 2 is 2.05 bits per heavy atom. The molecule has 1 aliphatic carbocycles. The molecule has 1 unspecified atom stereocenters. The first kappa shape index (κ1) is 14.1. The molecule has 1 aromatic heterocycles. The molecule has 1 fully saturated rings. The first-order valence-corrected chi connectivity index (χ1v) is 8.55. The van der Waals surface area contributed by atoms with Crippen molar-refractivity contribution in [3.63, 3.8) is 0 Å². The van der Waals surface area contributed by atoms with E-state index < -0.39 is 0 Å². The number of carbonyl (C=O) groups excluding carboxylic acids is 1. The van der Waals surface area contributed by atoms with Crippen LogP contribution in [-0.4, -0.2) is 35.1 Å². The summed E-state index contributed by atoms with van der Waals surface area (Å²) in [5, 5.41) is 9.63. The Hall–Kier alpha value is -0.870. The Balaban J connectivity index is 1.66. The van der Waals surface area contributed by atoms with Crippen molar-refractivity contribution in [2.75, 3.05) is 13.1 Å². The van der Waals surface area contributed by atoms with Crippen LogP contribution in [-0.2, 0) is 12.8 Å². The molecule has 1 saturated heterocycles. The average Bonchev–Trinajstić information content (AvgIpc) is 2.90. The molecule has 0 spiro atoms. The second kappa shape index (κ2) is 5.86. The highest BCUT2D eigenvalue weighted by atomic mass is 32.1. The molecule has 0 bridgehead atoms. The highest BCUT2D eigenvalue weighted by Crippen LogP contribution is 2.31. The van der Waals surface area contributed by atoms with Crippen molar-refractivity contribution in [1.82, 2.24) is 4.90 Å². The van der Waals surface area contributed by atoms with Gasteiger partial charge in [-0.2, -0.15) is 0 Å². The Morgan fingerprint density at radius 3 is 2.70 bits per heavy atom. The molecule has 20 heavy (non-hydrogen) atoms. The van der Waals surface area contributed by atoms with Crippen molar-refractivity contribution in [3.05, 3.63) is 21.4 Å². The Labute approximate surface area is 124 Å². The van der Waals surface area contributed by atoms with Crippen molar-refractivity contribution in [1.29, 1.82) is 0 Å². The van der Waals surface area contributed by atoms with E-state index in [1.165, 1.54) is 23.3 Å². The largest absolute Gasteiger partial charge is 0.393 e. The van der Waals surface area contributed by atoms with E-state index in [0.717, 1.165) is 43.6 Å². The molecule has 2 aliphatic rings. The number of carbonyl (C=O) groups is 1. The number of amides is 1. The van der Waals surface area contributed by atoms with Crippen molar-refractivity contribution < 1.29 is 9.90 Å². The minimum absolute atomic E-state index is 0.202. The van der Waals surface area contributed by atoms with Crippen LogP contribution in [0.2, 0.25) is 0 Å². The quantitative estimate of drug-likeness (QED) is 0.911. The molecule has 1 amide bonds. The number of thiophene rings is 1. The van der Waals surface area contributed by atoms with Gasteiger partial charge in [-0.1, -0.05) is 0 Å². The fraction of sp³-hybridized carbons (Fsp3) is 0.688. The van der Waals surface area contributed by atoms with Gasteiger partial charge in [0.1, 0.15) is 0 Å². The summed E-state index contributed by atoms with van der Waals surface area (Å²) >= 11 is 1.70. The second-order valence-electron chi connectivity index (χ2n) is 6.14. The van der Waals surface area contributed by atoms with E-state index in [4.69, 9.17) is 0 Å². The molecular weight excluding hydrogens is 270 g/mol. The third-order valence-corrected chi connectivity index (χ3v) is 5.94. The molecule has 4 heteroatoms. The SMILES string of the molecule is CC(O)C1CCN(C(=O)c2cc3c(s2)CCCC3)CC1. The molecule has 2 heterocycles. The highest BCUT2D eigenvalue weighted by molar-refractivity contribution is 7.14. The van der Waals surface area contributed by atoms with Gasteiger partial charge in [-0.05, 0) is 63.0 Å². The van der Waals surface area contributed by atoms with Gasteiger partial charge in [0.2, 0.25) is 0 Å². The van der Waals surface area contributed by atoms with E-state index in [1.807, 2.05) is 11.8 Å². The van der Waals surface area contributed by atoms with Crippen molar-refractivity contribution in [3.8, 4) is 0 Å². The van der Waals surface area contributed by atoms with Gasteiger partial charge < -0.3 is 10.0 Å². The number of nitrogens with zero attached hydrogens (tertiary/aromatic N) is 1. The number of likely N-dealkylation sites (tertiary alicyclic amines) is 1. The summed E-state index contributed by atoms with van der Waals surface area (Å²) in [6.45, 7) is 3.43. The minimum Gasteiger partial charge on any atom is -0.393 e. The lowest BCUT2D eigenvalue weighted by molar-refractivity contribution is 0.0525. The topological polar surface area (TPSA) is 40.5 Å². The lowest BCUT2D eigenvalue weighted by atomic mass is 9.92. The fourth-order valence-corrected chi connectivity index (χ4v) is 4.56. The van der Waals surface area contributed by atoms with E-state index in [-0.39, 0.29) is 12.0 Å². The summed E-state index contributed by atoms with van der Waals surface area (Å²) in [5.41, 5.74) is 1.41. The minimum atomic E-state index is -0.249. The lowest BCUT2D eigenvalue weighted by Crippen LogP contribution is -2.40. The first-order valence-electron chi connectivity index (χ1n) is 7.74. The van der Waals surface area contributed by atoms with Gasteiger partial charge in [0.05, 0.1) is 11.0 Å². The van der Waals surface area contributed by atoms with E-state index in [1.54, 1.807) is 11.3 Å². The number of rotatable bonds is 2. The number of aliphatic hydroxyl groups excluding tert-OH is 1. The molecule has 1 atom stereocenters. The first-order chi connectivity index (χ1) is 9.65. The Morgan fingerprint density at radius 1 is 1.35 bits per heavy atom. The van der Waals surface area contributed by atoms with Crippen molar-refractivity contribution in [2.24, 2.45) is 5.92 Å². The summed E-state index contributed by atoms with van der Waals surface area (Å²) < 4.78 is 0. The van der Waals surface area contributed by atoms with Crippen LogP contribution in [0, 0.1) is 5.92 Å². The number of aliphatic hydroxyl groups is 1. The van der Waals surface area contributed by atoms with Gasteiger partial charge in [0.15, 0.2) is 0 Å². The Kier molecular flexibility index (Phi) is 4.13. The molecule has 0 saturated carbocycles. The zero-order valence-electron chi connectivity index (χ0n) is 12.1. The zero-order valence-corrected chi connectivity index (χ0v) is 12.9. The van der Waals surface area contributed by atoms with E-state index in [2.05, 4.69) is 6.07 Å². The lowest BCUT2D eigenvalue weighted by Gasteiger charge is -2.33. The van der Waals surface area contributed by atoms with E-state index in [0.29, 0.717) is 5.92 Å². The van der Waals surface area contributed by atoms with Gasteiger partial charge in [0.25, 0.3) is 5.91 Å². The van der Waals surface area contributed by atoms with Crippen molar-refractivity contribution in [2.45, 2.75) is 51.6 Å². The van der Waals surface area contributed by atoms with E-state index in [9.17, 15) is 9.90 Å². The monoisotopic (exact) mass is 293 g/mol. The van der Waals surface area contributed by atoms with Gasteiger partial charge in [-0.3, -0.25) is 4.79 Å². The summed E-state index contributed by atoms with van der Waals surface area (Å²) in [6.07, 6.45) is 6.42. The maximum absolute atomic E-state index is 12.6. The summed E-state index contributed by atoms with van der Waals surface area (Å²) in [5.74, 6) is 0.559. The number of aryl methyl sites for hydroxylation is 2. The number of piperidine rings is 1. The average molecular weight is 293 g/mol. The van der Waals surface area contributed by atoms with Crippen LogP contribution in [0.5, 0.6) is 0 Å². The van der Waals surface area contributed by atoms with Crippen LogP contribution in [0.4, 0.5) is 0 Å². The highest BCUT2D eigenvalue weighted by Gasteiger charge is 2.27. The molecule has 0 radical (unpaired) electrons. The van der Waals surface area contributed by atoms with Crippen LogP contribution in [0.15, 0.2) is 6.07 Å². The molecule has 3 nitrogen and oxygen atoms in total. The smallest absolute Gasteiger partial charge is 0.263 e. The van der Waals surface area contributed by atoms with Crippen LogP contribution in [0.3, 0.4) is 0 Å². The standard InChI is InChI=1S/C16H23NO2S/c1-11(18)12-6-8-17(9-7-12)16(19)15-10-13-4-2-3-5-14(13)20-15/h10-12,18H,2-9H2,1H3. The van der Waals surface area contributed by atoms with Gasteiger partial charge in [-0.25, -0.2) is 0 Å². The van der Waals surface area contributed by atoms with Crippen LogP contribution in [0.25, 0.3) is 0 Å². The molecule has 1 aromatic rings. The zero-order chi connectivity index (χ0) is 14.1. The number of fused-ring (bicyclic) bond motifs is 1. The molecule has 0 aromatic carbocycles. The van der Waals surface area contributed by atoms with E-state index >= 15 is 0 Å². The third-order valence-electron chi connectivity index (χ3n) is 4.72. The second-order valence-corrected chi connectivity index (χ2v) is 7.27. The maximum Gasteiger partial charge on any atom is 0.263 e. The summed E-state index contributed by atoms with van der Waals surface area (Å²) in [4.78, 5) is 16.9. The van der Waals surface area contributed by atoms with Crippen molar-refractivity contribution >= 4 is 17.2 Å². The van der Waals surface area contributed by atoms with Crippen LogP contribution >= 0.6 is 11.3 Å². The van der Waals surface area contributed by atoms with Gasteiger partial charge in [-0.15, -0.1) is 11.3 Å². The number of hydrogen-bond donors (Lipinski definition) is 1. The Bertz CT molecular complexity index is 463. The fourth-order valence-electron chi connectivity index (χ4n) is 3.34. The van der Waals surface area contributed by atoms with Gasteiger partial charge in [0, 0.05) is 18.0 Å². The molecule has 110 valence electrons. The third kappa shape index (κ3) is 2.77. The summed E-state index contributed by atoms with van der Waals surface area (Å²) in [6, 6.07) is 2.13. The normalized spacial score (nSPS) is 21.6. The number of hydrogen-bond acceptors (Lipinski definition) is 3. The predicted octanol–water partition coefficient (Wildman–Crippen LogP) is 2.86. The predicted molar refractivity (Wildman–Crippen MR) is 81.3 cm³/mol. The van der Waals surface area contributed by atoms with Gasteiger partial charge >= 0.3 is 0 Å². The maximum atomic E-state index is 12.6. The molecule has 1 N–H and O–H groups in total. The summed E-state index contributed by atoms with van der Waals surface area (Å²) in [7, 11) is 0.